The van der Waals surface area contributed by atoms with Gasteiger partial charge in [-0.2, -0.15) is 8.78 Å². The van der Waals surface area contributed by atoms with Crippen LogP contribution >= 0.6 is 0 Å². The molecule has 1 fully saturated rings. The van der Waals surface area contributed by atoms with Crippen molar-refractivity contribution >= 4 is 15.9 Å². The van der Waals surface area contributed by atoms with E-state index in [2.05, 4.69) is 14.8 Å². The third-order valence-corrected chi connectivity index (χ3v) is 5.49. The molecule has 0 saturated heterocycles. The first-order valence-corrected chi connectivity index (χ1v) is 9.77. The van der Waals surface area contributed by atoms with Gasteiger partial charge in [0.25, 0.3) is 5.91 Å². The van der Waals surface area contributed by atoms with Crippen LogP contribution in [0.4, 0.5) is 8.78 Å². The number of rotatable bonds is 8. The molecule has 144 valence electrons. The van der Waals surface area contributed by atoms with Gasteiger partial charge in [-0.3, -0.25) is 4.79 Å². The molecular formula is C18H18F2N2O4S. The second kappa shape index (κ2) is 8.01. The molecule has 0 atom stereocenters. The van der Waals surface area contributed by atoms with Gasteiger partial charge in [0.15, 0.2) is 0 Å². The van der Waals surface area contributed by atoms with Gasteiger partial charge >= 0.3 is 6.61 Å². The first kappa shape index (κ1) is 19.2. The number of carbonyl (C=O) groups excluding carboxylic acids is 1. The van der Waals surface area contributed by atoms with Crippen LogP contribution in [0.15, 0.2) is 53.4 Å². The van der Waals surface area contributed by atoms with Gasteiger partial charge < -0.3 is 10.1 Å². The maximum Gasteiger partial charge on any atom is 0.387 e. The first-order chi connectivity index (χ1) is 12.8. The summed E-state index contributed by atoms with van der Waals surface area (Å²) in [6.07, 6.45) is 1.66. The number of nitrogens with one attached hydrogen (secondary N) is 2. The molecule has 0 aromatic heterocycles. The number of hydrogen-bond acceptors (Lipinski definition) is 4. The fourth-order valence-electron chi connectivity index (χ4n) is 2.41. The molecule has 2 N–H and O–H groups in total. The third-order valence-electron chi connectivity index (χ3n) is 3.95. The molecule has 0 bridgehead atoms. The molecule has 6 nitrogen and oxygen atoms in total. The zero-order chi connectivity index (χ0) is 19.4. The Kier molecular flexibility index (Phi) is 5.71. The lowest BCUT2D eigenvalue weighted by Gasteiger charge is -2.11. The van der Waals surface area contributed by atoms with E-state index in [1.165, 1.54) is 30.3 Å². The molecule has 2 aromatic rings. The minimum Gasteiger partial charge on any atom is -0.434 e. The number of alkyl halides is 2. The number of para-hydroxylation sites is 1. The summed E-state index contributed by atoms with van der Waals surface area (Å²) in [6, 6.07) is 11.7. The van der Waals surface area contributed by atoms with Gasteiger partial charge in [-0.25, -0.2) is 13.1 Å². The summed E-state index contributed by atoms with van der Waals surface area (Å²) < 4.78 is 56.0. The normalized spacial score (nSPS) is 14.2. The summed E-state index contributed by atoms with van der Waals surface area (Å²) in [5, 5.41) is 2.60. The van der Waals surface area contributed by atoms with E-state index in [1.807, 2.05) is 0 Å². The first-order valence-electron chi connectivity index (χ1n) is 8.28. The fourth-order valence-corrected chi connectivity index (χ4v) is 3.72. The Balaban J connectivity index is 1.63. The van der Waals surface area contributed by atoms with Crippen LogP contribution in [0.5, 0.6) is 5.75 Å². The van der Waals surface area contributed by atoms with Gasteiger partial charge in [0.1, 0.15) is 5.75 Å². The van der Waals surface area contributed by atoms with Crippen molar-refractivity contribution in [3.63, 3.8) is 0 Å². The number of halogens is 2. The summed E-state index contributed by atoms with van der Waals surface area (Å²) in [5.74, 6) is -0.471. The minimum absolute atomic E-state index is 0.00602. The summed E-state index contributed by atoms with van der Waals surface area (Å²) in [4.78, 5) is 12.3. The smallest absolute Gasteiger partial charge is 0.387 e. The van der Waals surface area contributed by atoms with Gasteiger partial charge in [-0.1, -0.05) is 18.2 Å². The molecule has 1 aliphatic rings. The topological polar surface area (TPSA) is 84.5 Å². The van der Waals surface area contributed by atoms with Gasteiger partial charge in [-0.05, 0) is 43.2 Å². The number of hydrogen-bond donors (Lipinski definition) is 2. The summed E-state index contributed by atoms with van der Waals surface area (Å²) in [5.41, 5.74) is 0.659. The van der Waals surface area contributed by atoms with Gasteiger partial charge in [-0.15, -0.1) is 0 Å². The lowest BCUT2D eigenvalue weighted by atomic mass is 10.2. The van der Waals surface area contributed by atoms with E-state index in [-0.39, 0.29) is 28.8 Å². The van der Waals surface area contributed by atoms with Gasteiger partial charge in [0, 0.05) is 23.7 Å². The number of ether oxygens (including phenoxy) is 1. The molecule has 1 saturated carbocycles. The Morgan fingerprint density at radius 2 is 1.78 bits per heavy atom. The highest BCUT2D eigenvalue weighted by Crippen LogP contribution is 2.22. The van der Waals surface area contributed by atoms with E-state index >= 15 is 0 Å². The zero-order valence-corrected chi connectivity index (χ0v) is 15.0. The minimum atomic E-state index is -3.58. The van der Waals surface area contributed by atoms with Crippen LogP contribution < -0.4 is 14.8 Å². The zero-order valence-electron chi connectivity index (χ0n) is 14.2. The van der Waals surface area contributed by atoms with Crippen molar-refractivity contribution in [1.82, 2.24) is 10.0 Å². The predicted molar refractivity (Wildman–Crippen MR) is 94.0 cm³/mol. The van der Waals surface area contributed by atoms with Crippen LogP contribution in [-0.2, 0) is 16.6 Å². The molecule has 0 spiro atoms. The molecule has 1 aliphatic carbocycles. The number of benzene rings is 2. The predicted octanol–water partition coefficient (Wildman–Crippen LogP) is 2.66. The van der Waals surface area contributed by atoms with E-state index in [4.69, 9.17) is 0 Å². The molecule has 27 heavy (non-hydrogen) atoms. The van der Waals surface area contributed by atoms with Crippen molar-refractivity contribution < 1.29 is 26.7 Å². The summed E-state index contributed by atoms with van der Waals surface area (Å²) in [7, 11) is -3.58. The van der Waals surface area contributed by atoms with Crippen molar-refractivity contribution in [3.8, 4) is 5.75 Å². The number of carbonyl (C=O) groups is 1. The Morgan fingerprint density at radius 1 is 1.11 bits per heavy atom. The molecule has 2 aromatic carbocycles. The lowest BCUT2D eigenvalue weighted by Crippen LogP contribution is -2.26. The average molecular weight is 396 g/mol. The van der Waals surface area contributed by atoms with Crippen molar-refractivity contribution in [1.29, 1.82) is 0 Å². The third kappa shape index (κ3) is 5.24. The maximum absolute atomic E-state index is 12.4. The molecule has 3 rings (SSSR count). The van der Waals surface area contributed by atoms with Crippen LogP contribution in [0.1, 0.15) is 28.8 Å². The van der Waals surface area contributed by atoms with Crippen molar-refractivity contribution in [2.24, 2.45) is 0 Å². The molecule has 9 heteroatoms. The number of sulfonamides is 1. The van der Waals surface area contributed by atoms with Gasteiger partial charge in [0.2, 0.25) is 10.0 Å². The molecule has 1 amide bonds. The molecular weight excluding hydrogens is 378 g/mol. The van der Waals surface area contributed by atoms with Crippen molar-refractivity contribution in [3.05, 3.63) is 59.7 Å². The van der Waals surface area contributed by atoms with Crippen molar-refractivity contribution in [2.45, 2.75) is 36.9 Å². The van der Waals surface area contributed by atoms with Crippen LogP contribution in [0.25, 0.3) is 0 Å². The fraction of sp³-hybridized carbons (Fsp3) is 0.278. The SMILES string of the molecule is O=C(NCc1ccccc1OC(F)F)c1ccc(S(=O)(=O)NC2CC2)cc1. The molecule has 0 unspecified atom stereocenters. The van der Waals surface area contributed by atoms with Crippen LogP contribution in [0, 0.1) is 0 Å². The second-order valence-electron chi connectivity index (χ2n) is 6.09. The van der Waals surface area contributed by atoms with E-state index < -0.39 is 22.5 Å². The highest BCUT2D eigenvalue weighted by Gasteiger charge is 2.27. The van der Waals surface area contributed by atoms with E-state index in [0.29, 0.717) is 5.56 Å². The van der Waals surface area contributed by atoms with Crippen LogP contribution in [-0.4, -0.2) is 27.0 Å². The standard InChI is InChI=1S/C18H18F2N2O4S/c19-18(20)26-16-4-2-1-3-13(16)11-21-17(23)12-5-9-15(10-6-12)27(24,25)22-14-7-8-14/h1-6,9-10,14,18,22H,7-8,11H2,(H,21,23). The molecule has 0 heterocycles. The van der Waals surface area contributed by atoms with Crippen LogP contribution in [0.3, 0.4) is 0 Å². The highest BCUT2D eigenvalue weighted by atomic mass is 32.2. The number of amides is 1. The Morgan fingerprint density at radius 3 is 2.41 bits per heavy atom. The van der Waals surface area contributed by atoms with E-state index in [1.54, 1.807) is 18.2 Å². The average Bonchev–Trinajstić information content (AvgIpc) is 3.43. The largest absolute Gasteiger partial charge is 0.434 e. The maximum atomic E-state index is 12.4. The highest BCUT2D eigenvalue weighted by molar-refractivity contribution is 7.89. The second-order valence-corrected chi connectivity index (χ2v) is 7.80. The van der Waals surface area contributed by atoms with Crippen LogP contribution in [0.2, 0.25) is 0 Å². The summed E-state index contributed by atoms with van der Waals surface area (Å²) >= 11 is 0. The monoisotopic (exact) mass is 396 g/mol. The molecule has 0 radical (unpaired) electrons. The summed E-state index contributed by atoms with van der Waals surface area (Å²) in [6.45, 7) is -2.97. The lowest BCUT2D eigenvalue weighted by molar-refractivity contribution is -0.0504. The molecule has 0 aliphatic heterocycles. The van der Waals surface area contributed by atoms with Crippen molar-refractivity contribution in [2.75, 3.05) is 0 Å². The quantitative estimate of drug-likeness (QED) is 0.719. The Bertz CT molecular complexity index is 913. The van der Waals surface area contributed by atoms with E-state index in [9.17, 15) is 22.0 Å². The van der Waals surface area contributed by atoms with Gasteiger partial charge in [0.05, 0.1) is 4.90 Å². The van der Waals surface area contributed by atoms with E-state index in [0.717, 1.165) is 12.8 Å². The Hall–Kier alpha value is -2.52. The Labute approximate surface area is 155 Å².